The lowest BCUT2D eigenvalue weighted by atomic mass is 10.1. The van der Waals surface area contributed by atoms with Gasteiger partial charge in [0.2, 0.25) is 0 Å². The van der Waals surface area contributed by atoms with Crippen LogP contribution in [0.1, 0.15) is 37.4 Å². The molecule has 0 aliphatic carbocycles. The van der Waals surface area contributed by atoms with Crippen molar-refractivity contribution in [3.63, 3.8) is 0 Å². The van der Waals surface area contributed by atoms with Gasteiger partial charge < -0.3 is 15.8 Å². The first kappa shape index (κ1) is 14.5. The summed E-state index contributed by atoms with van der Waals surface area (Å²) in [5.41, 5.74) is 7.86. The molecular weight excluding hydrogens is 228 g/mol. The lowest BCUT2D eigenvalue weighted by Gasteiger charge is -2.12. The van der Waals surface area contributed by atoms with Crippen LogP contribution < -0.4 is 15.8 Å². The van der Waals surface area contributed by atoms with E-state index in [0.29, 0.717) is 6.54 Å². The number of aryl methyl sites for hydroxylation is 1. The quantitative estimate of drug-likeness (QED) is 0.810. The van der Waals surface area contributed by atoms with Gasteiger partial charge in [0, 0.05) is 12.6 Å². The van der Waals surface area contributed by atoms with Gasteiger partial charge in [-0.25, -0.2) is 0 Å². The van der Waals surface area contributed by atoms with E-state index in [9.17, 15) is 4.79 Å². The molecule has 1 amide bonds. The molecule has 0 aliphatic rings. The molecule has 100 valence electrons. The largest absolute Gasteiger partial charge is 0.484 e. The molecule has 1 aromatic carbocycles. The number of rotatable bonds is 6. The third-order valence-corrected chi connectivity index (χ3v) is 2.66. The van der Waals surface area contributed by atoms with Crippen molar-refractivity contribution in [2.45, 2.75) is 33.2 Å². The SMILES string of the molecule is CCCNC(=O)COc1ccc(C(C)N)cc1C. The minimum Gasteiger partial charge on any atom is -0.484 e. The molecule has 0 saturated carbocycles. The first-order valence-electron chi connectivity index (χ1n) is 6.30. The van der Waals surface area contributed by atoms with Crippen molar-refractivity contribution in [1.82, 2.24) is 5.32 Å². The highest BCUT2D eigenvalue weighted by atomic mass is 16.5. The van der Waals surface area contributed by atoms with Crippen molar-refractivity contribution < 1.29 is 9.53 Å². The second kappa shape index (κ2) is 7.01. The molecule has 1 aromatic rings. The van der Waals surface area contributed by atoms with Gasteiger partial charge in [0.15, 0.2) is 6.61 Å². The molecule has 0 fully saturated rings. The van der Waals surface area contributed by atoms with Crippen LogP contribution in [0, 0.1) is 6.92 Å². The molecule has 1 rings (SSSR count). The van der Waals surface area contributed by atoms with Gasteiger partial charge in [-0.05, 0) is 37.5 Å². The normalized spacial score (nSPS) is 12.0. The first-order valence-corrected chi connectivity index (χ1v) is 6.30. The maximum Gasteiger partial charge on any atom is 0.257 e. The van der Waals surface area contributed by atoms with Crippen LogP contribution in [0.3, 0.4) is 0 Å². The maximum atomic E-state index is 11.4. The lowest BCUT2D eigenvalue weighted by molar-refractivity contribution is -0.123. The van der Waals surface area contributed by atoms with Gasteiger partial charge in [0.05, 0.1) is 0 Å². The Morgan fingerprint density at radius 3 is 2.78 bits per heavy atom. The Bertz CT molecular complexity index is 403. The summed E-state index contributed by atoms with van der Waals surface area (Å²) in [5.74, 6) is 0.638. The van der Waals surface area contributed by atoms with Gasteiger partial charge in [-0.2, -0.15) is 0 Å². The molecule has 1 unspecified atom stereocenters. The third kappa shape index (κ3) is 4.37. The number of ether oxygens (including phenoxy) is 1. The molecule has 18 heavy (non-hydrogen) atoms. The van der Waals surface area contributed by atoms with Crippen molar-refractivity contribution >= 4 is 5.91 Å². The summed E-state index contributed by atoms with van der Waals surface area (Å²) in [5, 5.41) is 2.77. The molecule has 1 atom stereocenters. The minimum atomic E-state index is -0.0903. The Hall–Kier alpha value is -1.55. The molecule has 0 spiro atoms. The zero-order chi connectivity index (χ0) is 13.5. The Balaban J connectivity index is 2.55. The van der Waals surface area contributed by atoms with Crippen LogP contribution in [0.5, 0.6) is 5.75 Å². The van der Waals surface area contributed by atoms with Gasteiger partial charge in [-0.15, -0.1) is 0 Å². The smallest absolute Gasteiger partial charge is 0.257 e. The summed E-state index contributed by atoms with van der Waals surface area (Å²) in [6.45, 7) is 6.64. The number of hydrogen-bond acceptors (Lipinski definition) is 3. The highest BCUT2D eigenvalue weighted by molar-refractivity contribution is 5.77. The fourth-order valence-corrected chi connectivity index (χ4v) is 1.58. The van der Waals surface area contributed by atoms with Gasteiger partial charge >= 0.3 is 0 Å². The Kier molecular flexibility index (Phi) is 5.65. The van der Waals surface area contributed by atoms with Gasteiger partial charge in [-0.1, -0.05) is 19.1 Å². The lowest BCUT2D eigenvalue weighted by Crippen LogP contribution is -2.29. The molecule has 0 radical (unpaired) electrons. The van der Waals surface area contributed by atoms with Crippen molar-refractivity contribution in [2.75, 3.05) is 13.2 Å². The second-order valence-corrected chi connectivity index (χ2v) is 4.45. The summed E-state index contributed by atoms with van der Waals surface area (Å²) in [7, 11) is 0. The van der Waals surface area contributed by atoms with E-state index >= 15 is 0 Å². The van der Waals surface area contributed by atoms with Crippen LogP contribution in [-0.4, -0.2) is 19.1 Å². The first-order chi connectivity index (χ1) is 8.54. The molecular formula is C14H22N2O2. The Morgan fingerprint density at radius 2 is 2.22 bits per heavy atom. The van der Waals surface area contributed by atoms with E-state index in [0.717, 1.165) is 23.3 Å². The summed E-state index contributed by atoms with van der Waals surface area (Å²) < 4.78 is 5.48. The zero-order valence-corrected chi connectivity index (χ0v) is 11.3. The van der Waals surface area contributed by atoms with Crippen molar-refractivity contribution in [1.29, 1.82) is 0 Å². The highest BCUT2D eigenvalue weighted by Crippen LogP contribution is 2.21. The molecule has 4 heteroatoms. The number of carbonyl (C=O) groups excluding carboxylic acids is 1. The summed E-state index contributed by atoms with van der Waals surface area (Å²) in [4.78, 5) is 11.4. The van der Waals surface area contributed by atoms with E-state index in [4.69, 9.17) is 10.5 Å². The van der Waals surface area contributed by atoms with Crippen LogP contribution in [0.2, 0.25) is 0 Å². The van der Waals surface area contributed by atoms with Crippen molar-refractivity contribution in [2.24, 2.45) is 5.73 Å². The van der Waals surface area contributed by atoms with E-state index in [1.54, 1.807) is 0 Å². The van der Waals surface area contributed by atoms with E-state index in [2.05, 4.69) is 5.32 Å². The Morgan fingerprint density at radius 1 is 1.50 bits per heavy atom. The minimum absolute atomic E-state index is 0.00519. The van der Waals surface area contributed by atoms with Gasteiger partial charge in [0.1, 0.15) is 5.75 Å². The average Bonchev–Trinajstić information content (AvgIpc) is 2.34. The molecule has 0 saturated heterocycles. The number of nitrogens with two attached hydrogens (primary N) is 1. The Labute approximate surface area is 109 Å². The van der Waals surface area contributed by atoms with Crippen molar-refractivity contribution in [3.8, 4) is 5.75 Å². The second-order valence-electron chi connectivity index (χ2n) is 4.45. The molecule has 3 N–H and O–H groups in total. The van der Waals surface area contributed by atoms with E-state index in [-0.39, 0.29) is 18.6 Å². The van der Waals surface area contributed by atoms with Crippen LogP contribution in [0.4, 0.5) is 0 Å². The maximum absolute atomic E-state index is 11.4. The van der Waals surface area contributed by atoms with E-state index in [1.165, 1.54) is 0 Å². The predicted molar refractivity (Wildman–Crippen MR) is 72.6 cm³/mol. The summed E-state index contributed by atoms with van der Waals surface area (Å²) in [6, 6.07) is 5.78. The predicted octanol–water partition coefficient (Wildman–Crippen LogP) is 1.92. The van der Waals surface area contributed by atoms with Crippen LogP contribution in [-0.2, 0) is 4.79 Å². The number of amides is 1. The highest BCUT2D eigenvalue weighted by Gasteiger charge is 2.06. The summed E-state index contributed by atoms with van der Waals surface area (Å²) >= 11 is 0. The molecule has 0 aromatic heterocycles. The third-order valence-electron chi connectivity index (χ3n) is 2.66. The van der Waals surface area contributed by atoms with E-state index in [1.807, 2.05) is 39.0 Å². The average molecular weight is 250 g/mol. The number of hydrogen-bond donors (Lipinski definition) is 2. The zero-order valence-electron chi connectivity index (χ0n) is 11.3. The van der Waals surface area contributed by atoms with Crippen LogP contribution in [0.15, 0.2) is 18.2 Å². The standard InChI is InChI=1S/C14H22N2O2/c1-4-7-16-14(17)9-18-13-6-5-12(11(3)15)8-10(13)2/h5-6,8,11H,4,7,9,15H2,1-3H3,(H,16,17). The van der Waals surface area contributed by atoms with E-state index < -0.39 is 0 Å². The molecule has 0 heterocycles. The molecule has 0 aliphatic heterocycles. The number of nitrogens with one attached hydrogen (secondary N) is 1. The van der Waals surface area contributed by atoms with Crippen molar-refractivity contribution in [3.05, 3.63) is 29.3 Å². The van der Waals surface area contributed by atoms with Crippen LogP contribution >= 0.6 is 0 Å². The summed E-state index contributed by atoms with van der Waals surface area (Å²) in [6.07, 6.45) is 0.924. The molecule has 0 bridgehead atoms. The monoisotopic (exact) mass is 250 g/mol. The number of carbonyl (C=O) groups is 1. The molecule has 4 nitrogen and oxygen atoms in total. The van der Waals surface area contributed by atoms with Gasteiger partial charge in [-0.3, -0.25) is 4.79 Å². The topological polar surface area (TPSA) is 64.3 Å². The van der Waals surface area contributed by atoms with Gasteiger partial charge in [0.25, 0.3) is 5.91 Å². The number of benzene rings is 1. The van der Waals surface area contributed by atoms with Crippen LogP contribution in [0.25, 0.3) is 0 Å². The fourth-order valence-electron chi connectivity index (χ4n) is 1.58. The fraction of sp³-hybridized carbons (Fsp3) is 0.500.